The van der Waals surface area contributed by atoms with Crippen molar-refractivity contribution in [2.75, 3.05) is 18.6 Å². The van der Waals surface area contributed by atoms with Crippen LogP contribution >= 0.6 is 11.6 Å². The molecule has 1 unspecified atom stereocenters. The maximum Gasteiger partial charge on any atom is 0.406 e. The number of halogens is 4. The molecule has 1 heterocycles. The second-order valence-electron chi connectivity index (χ2n) is 7.92. The van der Waals surface area contributed by atoms with Crippen molar-refractivity contribution in [3.8, 4) is 5.75 Å². The summed E-state index contributed by atoms with van der Waals surface area (Å²) in [5.41, 5.74) is 0.554. The molecule has 1 aliphatic heterocycles. The van der Waals surface area contributed by atoms with E-state index in [-0.39, 0.29) is 6.54 Å². The normalized spacial score (nSPS) is 18.0. The van der Waals surface area contributed by atoms with Crippen LogP contribution in [0, 0.1) is 0 Å². The molecule has 1 atom stereocenters. The number of benzene rings is 3. The number of hydrogen-bond acceptors (Lipinski definition) is 2. The van der Waals surface area contributed by atoms with Crippen molar-refractivity contribution in [2.45, 2.75) is 18.3 Å². The van der Waals surface area contributed by atoms with Crippen LogP contribution in [0.4, 0.5) is 23.7 Å². The number of urea groups is 1. The van der Waals surface area contributed by atoms with Gasteiger partial charge in [-0.15, -0.1) is 6.58 Å². The third-order valence-electron chi connectivity index (χ3n) is 5.89. The van der Waals surface area contributed by atoms with Crippen molar-refractivity contribution in [1.29, 1.82) is 0 Å². The topological polar surface area (TPSA) is 32.8 Å². The third kappa shape index (κ3) is 4.23. The summed E-state index contributed by atoms with van der Waals surface area (Å²) in [4.78, 5) is 15.9. The molecule has 0 saturated heterocycles. The van der Waals surface area contributed by atoms with Gasteiger partial charge in [-0.2, -0.15) is 13.2 Å². The summed E-state index contributed by atoms with van der Waals surface area (Å²) in [6, 6.07) is 19.6. The van der Waals surface area contributed by atoms with E-state index in [9.17, 15) is 18.0 Å². The Morgan fingerprint density at radius 1 is 1.06 bits per heavy atom. The molecule has 0 bridgehead atoms. The summed E-state index contributed by atoms with van der Waals surface area (Å²) in [5, 5.41) is 0.339. The Hall–Kier alpha value is -3.45. The summed E-state index contributed by atoms with van der Waals surface area (Å²) in [6.45, 7) is 2.47. The van der Waals surface area contributed by atoms with Gasteiger partial charge in [0, 0.05) is 10.6 Å². The van der Waals surface area contributed by atoms with Gasteiger partial charge in [-0.1, -0.05) is 60.1 Å². The van der Waals surface area contributed by atoms with Crippen LogP contribution in [0.5, 0.6) is 5.75 Å². The number of rotatable bonds is 6. The highest BCUT2D eigenvalue weighted by molar-refractivity contribution is 6.30. The SMILES string of the molecule is C=CC1(c2ccccc2)c2cc(Cl)ccc2N(Cc2ccc(OC)cc2)C(=O)N1CC(F)(F)F. The number of fused-ring (bicyclic) bond motifs is 1. The van der Waals surface area contributed by atoms with Crippen LogP contribution in [0.3, 0.4) is 0 Å². The van der Waals surface area contributed by atoms with Crippen LogP contribution in [0.15, 0.2) is 85.5 Å². The minimum atomic E-state index is -4.64. The van der Waals surface area contributed by atoms with E-state index in [0.29, 0.717) is 27.6 Å². The predicted octanol–water partition coefficient (Wildman–Crippen LogP) is 6.78. The fourth-order valence-corrected chi connectivity index (χ4v) is 4.55. The van der Waals surface area contributed by atoms with Gasteiger partial charge in [0.2, 0.25) is 0 Å². The monoisotopic (exact) mass is 486 g/mol. The van der Waals surface area contributed by atoms with Crippen molar-refractivity contribution < 1.29 is 22.7 Å². The molecule has 0 saturated carbocycles. The Morgan fingerprint density at radius 2 is 1.74 bits per heavy atom. The molecular formula is C26H22ClF3N2O2. The zero-order valence-corrected chi connectivity index (χ0v) is 19.1. The highest BCUT2D eigenvalue weighted by Gasteiger charge is 2.52. The van der Waals surface area contributed by atoms with Gasteiger partial charge in [-0.3, -0.25) is 9.80 Å². The molecule has 4 nitrogen and oxygen atoms in total. The van der Waals surface area contributed by atoms with Gasteiger partial charge in [0.15, 0.2) is 0 Å². The van der Waals surface area contributed by atoms with E-state index in [2.05, 4.69) is 6.58 Å². The molecule has 4 rings (SSSR count). The Labute approximate surface area is 200 Å². The largest absolute Gasteiger partial charge is 0.497 e. The number of ether oxygens (including phenoxy) is 1. The lowest BCUT2D eigenvalue weighted by Crippen LogP contribution is -2.60. The highest BCUT2D eigenvalue weighted by Crippen LogP contribution is 2.48. The highest BCUT2D eigenvalue weighted by atomic mass is 35.5. The van der Waals surface area contributed by atoms with Crippen molar-refractivity contribution >= 4 is 23.3 Å². The Morgan fingerprint density at radius 3 is 2.32 bits per heavy atom. The summed E-state index contributed by atoms with van der Waals surface area (Å²) >= 11 is 6.31. The summed E-state index contributed by atoms with van der Waals surface area (Å²) < 4.78 is 46.6. The molecule has 3 aromatic carbocycles. The lowest BCUT2D eigenvalue weighted by molar-refractivity contribution is -0.146. The quantitative estimate of drug-likeness (QED) is 0.360. The molecule has 8 heteroatoms. The molecule has 0 spiro atoms. The predicted molar refractivity (Wildman–Crippen MR) is 126 cm³/mol. The molecule has 176 valence electrons. The lowest BCUT2D eigenvalue weighted by atomic mass is 9.78. The maximum atomic E-state index is 13.8. The second kappa shape index (κ2) is 9.06. The minimum absolute atomic E-state index is 0.0633. The molecule has 34 heavy (non-hydrogen) atoms. The van der Waals surface area contributed by atoms with E-state index < -0.39 is 24.3 Å². The number of carbonyl (C=O) groups excluding carboxylic acids is 1. The number of amides is 2. The molecule has 2 amide bonds. The maximum absolute atomic E-state index is 13.8. The molecule has 0 aliphatic carbocycles. The van der Waals surface area contributed by atoms with Gasteiger partial charge in [-0.05, 0) is 41.5 Å². The number of alkyl halides is 3. The van der Waals surface area contributed by atoms with Crippen molar-refractivity contribution in [1.82, 2.24) is 4.90 Å². The van der Waals surface area contributed by atoms with Crippen LogP contribution in [-0.4, -0.2) is 30.8 Å². The van der Waals surface area contributed by atoms with Gasteiger partial charge in [0.1, 0.15) is 17.8 Å². The zero-order chi connectivity index (χ0) is 24.5. The molecule has 0 N–H and O–H groups in total. The van der Waals surface area contributed by atoms with E-state index in [1.165, 1.54) is 18.1 Å². The summed E-state index contributed by atoms with van der Waals surface area (Å²) in [5.74, 6) is 0.634. The molecular weight excluding hydrogens is 465 g/mol. The number of anilines is 1. The van der Waals surface area contributed by atoms with Crippen LogP contribution in [0.2, 0.25) is 5.02 Å². The van der Waals surface area contributed by atoms with Crippen molar-refractivity contribution in [3.63, 3.8) is 0 Å². The van der Waals surface area contributed by atoms with Gasteiger partial charge in [0.05, 0.1) is 19.3 Å². The first-order chi connectivity index (χ1) is 16.2. The Balaban J connectivity index is 1.94. The Bertz CT molecular complexity index is 1200. The molecule has 0 radical (unpaired) electrons. The first-order valence-electron chi connectivity index (χ1n) is 10.5. The Kier molecular flexibility index (Phi) is 6.32. The van der Waals surface area contributed by atoms with Crippen LogP contribution in [0.1, 0.15) is 16.7 Å². The van der Waals surface area contributed by atoms with E-state index in [1.807, 2.05) is 0 Å². The smallest absolute Gasteiger partial charge is 0.406 e. The van der Waals surface area contributed by atoms with E-state index in [4.69, 9.17) is 16.3 Å². The van der Waals surface area contributed by atoms with Gasteiger partial charge in [-0.25, -0.2) is 4.79 Å². The van der Waals surface area contributed by atoms with Crippen LogP contribution in [0.25, 0.3) is 0 Å². The standard InChI is InChI=1S/C26H22ClF3N2O2/c1-3-25(19-7-5-4-6-8-19)22-15-20(27)11-14-23(22)31(24(33)32(25)17-26(28,29)30)16-18-9-12-21(34-2)13-10-18/h3-15H,1,16-17H2,2H3. The number of methoxy groups -OCH3 is 1. The minimum Gasteiger partial charge on any atom is -0.497 e. The van der Waals surface area contributed by atoms with Gasteiger partial charge < -0.3 is 4.74 Å². The molecule has 0 aromatic heterocycles. The average molecular weight is 487 g/mol. The fourth-order valence-electron chi connectivity index (χ4n) is 4.37. The summed E-state index contributed by atoms with van der Waals surface area (Å²) in [6.07, 6.45) is -3.26. The first-order valence-corrected chi connectivity index (χ1v) is 10.9. The lowest BCUT2D eigenvalue weighted by Gasteiger charge is -2.50. The van der Waals surface area contributed by atoms with Gasteiger partial charge in [0.25, 0.3) is 0 Å². The second-order valence-corrected chi connectivity index (χ2v) is 8.35. The van der Waals surface area contributed by atoms with Crippen molar-refractivity contribution in [2.24, 2.45) is 0 Å². The van der Waals surface area contributed by atoms with E-state index >= 15 is 0 Å². The number of carbonyl (C=O) groups is 1. The van der Waals surface area contributed by atoms with Gasteiger partial charge >= 0.3 is 12.2 Å². The van der Waals surface area contributed by atoms with Crippen LogP contribution in [-0.2, 0) is 12.1 Å². The molecule has 3 aromatic rings. The first kappa shape index (κ1) is 23.7. The van der Waals surface area contributed by atoms with Crippen LogP contribution < -0.4 is 9.64 Å². The summed E-state index contributed by atoms with van der Waals surface area (Å²) in [7, 11) is 1.54. The number of nitrogens with zero attached hydrogens (tertiary/aromatic N) is 2. The molecule has 1 aliphatic rings. The van der Waals surface area contributed by atoms with E-state index in [1.54, 1.807) is 72.8 Å². The average Bonchev–Trinajstić information content (AvgIpc) is 2.82. The molecule has 0 fully saturated rings. The third-order valence-corrected chi connectivity index (χ3v) is 6.13. The number of hydrogen-bond donors (Lipinski definition) is 0. The fraction of sp³-hybridized carbons (Fsp3) is 0.192. The van der Waals surface area contributed by atoms with Crippen molar-refractivity contribution in [3.05, 3.63) is 107 Å². The van der Waals surface area contributed by atoms with E-state index in [0.717, 1.165) is 10.5 Å². The zero-order valence-electron chi connectivity index (χ0n) is 18.3.